The van der Waals surface area contributed by atoms with E-state index in [1.54, 1.807) is 6.20 Å². The highest BCUT2D eigenvalue weighted by molar-refractivity contribution is 5.86. The van der Waals surface area contributed by atoms with E-state index >= 15 is 0 Å². The largest absolute Gasteiger partial charge is 0.374 e. The van der Waals surface area contributed by atoms with Crippen LogP contribution in [0.2, 0.25) is 0 Å². The molecule has 0 spiro atoms. The molecule has 0 fully saturated rings. The van der Waals surface area contributed by atoms with Gasteiger partial charge < -0.3 is 16.4 Å². The maximum absolute atomic E-state index is 5.88. The Morgan fingerprint density at radius 1 is 1.12 bits per heavy atom. The second-order valence-corrected chi connectivity index (χ2v) is 5.02. The van der Waals surface area contributed by atoms with Gasteiger partial charge in [0, 0.05) is 31.0 Å². The normalized spacial score (nSPS) is 10.5. The predicted octanol–water partition coefficient (Wildman–Crippen LogP) is 3.29. The molecular weight excluding hydrogens is 397 g/mol. The zero-order valence-corrected chi connectivity index (χ0v) is 16.5. The number of rotatable bonds is 6. The topological polar surface area (TPSA) is 105 Å². The molecule has 0 radical (unpaired) electrons. The molecule has 0 saturated carbocycles. The van der Waals surface area contributed by atoms with Gasteiger partial charge in [-0.15, -0.1) is 37.2 Å². The van der Waals surface area contributed by atoms with Crippen molar-refractivity contribution in [1.82, 2.24) is 20.2 Å². The smallest absolute Gasteiger partial charge is 0.181 e. The van der Waals surface area contributed by atoms with Gasteiger partial charge in [0.25, 0.3) is 0 Å². The molecule has 0 aliphatic rings. The van der Waals surface area contributed by atoms with E-state index in [9.17, 15) is 0 Å². The molecule has 10 heteroatoms. The van der Waals surface area contributed by atoms with Crippen LogP contribution in [0.15, 0.2) is 48.7 Å². The average Bonchev–Trinajstić information content (AvgIpc) is 3.10. The highest BCUT2D eigenvalue weighted by atomic mass is 35.5. The summed E-state index contributed by atoms with van der Waals surface area (Å²) in [6.07, 6.45) is 1.72. The van der Waals surface area contributed by atoms with Crippen LogP contribution in [0.5, 0.6) is 0 Å². The standard InChI is InChI=1S/C16H19N7.3ClH/c1-18-14-9-11(7-8-19-14)15-21-16(23-22-15)13(10-17)20-12-5-3-2-4-6-12;;;/h2-9,13,20H,10,17H2,1H3,(H,18,19)(H,21,22,23);3*1H. The van der Waals surface area contributed by atoms with Gasteiger partial charge in [-0.05, 0) is 24.3 Å². The van der Waals surface area contributed by atoms with E-state index in [1.807, 2.05) is 49.5 Å². The Balaban J connectivity index is 0.00000208. The number of H-pyrrole nitrogens is 1. The lowest BCUT2D eigenvalue weighted by molar-refractivity contribution is 0.730. The van der Waals surface area contributed by atoms with E-state index < -0.39 is 0 Å². The van der Waals surface area contributed by atoms with E-state index in [4.69, 9.17) is 5.73 Å². The minimum Gasteiger partial charge on any atom is -0.374 e. The van der Waals surface area contributed by atoms with Gasteiger partial charge in [0.15, 0.2) is 5.82 Å². The molecule has 3 aromatic rings. The van der Waals surface area contributed by atoms with Crippen molar-refractivity contribution in [2.45, 2.75) is 6.04 Å². The Hall–Kier alpha value is -2.06. The van der Waals surface area contributed by atoms with E-state index in [2.05, 4.69) is 30.8 Å². The number of benzene rings is 1. The Morgan fingerprint density at radius 2 is 1.85 bits per heavy atom. The third-order valence-electron chi connectivity index (χ3n) is 3.46. The van der Waals surface area contributed by atoms with Crippen LogP contribution in [-0.4, -0.2) is 33.8 Å². The van der Waals surface area contributed by atoms with Crippen LogP contribution in [0.25, 0.3) is 11.4 Å². The van der Waals surface area contributed by atoms with Crippen molar-refractivity contribution < 1.29 is 0 Å². The van der Waals surface area contributed by atoms with Crippen molar-refractivity contribution in [3.8, 4) is 11.4 Å². The van der Waals surface area contributed by atoms with Gasteiger partial charge in [0.05, 0.1) is 6.04 Å². The first-order valence-corrected chi connectivity index (χ1v) is 7.38. The van der Waals surface area contributed by atoms with E-state index in [0.717, 1.165) is 17.1 Å². The highest BCUT2D eigenvalue weighted by Crippen LogP contribution is 2.20. The third-order valence-corrected chi connectivity index (χ3v) is 3.46. The second-order valence-electron chi connectivity index (χ2n) is 5.02. The first kappa shape index (κ1) is 23.9. The van der Waals surface area contributed by atoms with Crippen molar-refractivity contribution in [2.75, 3.05) is 24.2 Å². The quantitative estimate of drug-likeness (QED) is 0.489. The van der Waals surface area contributed by atoms with Gasteiger partial charge in [-0.3, -0.25) is 5.10 Å². The lowest BCUT2D eigenvalue weighted by Crippen LogP contribution is -2.21. The number of nitrogens with two attached hydrogens (primary N) is 1. The van der Waals surface area contributed by atoms with Crippen LogP contribution in [0.4, 0.5) is 11.5 Å². The third kappa shape index (κ3) is 5.74. The minimum absolute atomic E-state index is 0. The number of halogens is 3. The zero-order valence-electron chi connectivity index (χ0n) is 14.0. The predicted molar refractivity (Wildman–Crippen MR) is 113 cm³/mol. The molecule has 0 aliphatic carbocycles. The van der Waals surface area contributed by atoms with Crippen LogP contribution in [0, 0.1) is 0 Å². The number of nitrogens with zero attached hydrogens (tertiary/aromatic N) is 3. The number of nitrogens with one attached hydrogen (secondary N) is 3. The fourth-order valence-corrected chi connectivity index (χ4v) is 2.24. The van der Waals surface area contributed by atoms with Crippen molar-refractivity contribution in [3.05, 3.63) is 54.5 Å². The van der Waals surface area contributed by atoms with Crippen molar-refractivity contribution in [1.29, 1.82) is 0 Å². The van der Waals surface area contributed by atoms with E-state index in [1.165, 1.54) is 0 Å². The Bertz CT molecular complexity index is 767. The Morgan fingerprint density at radius 3 is 2.50 bits per heavy atom. The molecule has 2 aromatic heterocycles. The molecule has 1 aromatic carbocycles. The Labute approximate surface area is 170 Å². The van der Waals surface area contributed by atoms with Crippen molar-refractivity contribution >= 4 is 48.7 Å². The van der Waals surface area contributed by atoms with Gasteiger partial charge in [-0.1, -0.05) is 18.2 Å². The van der Waals surface area contributed by atoms with E-state index in [0.29, 0.717) is 18.2 Å². The molecule has 7 nitrogen and oxygen atoms in total. The number of hydrogen-bond donors (Lipinski definition) is 4. The maximum Gasteiger partial charge on any atom is 0.181 e. The van der Waals surface area contributed by atoms with Gasteiger partial charge >= 0.3 is 0 Å². The molecule has 1 unspecified atom stereocenters. The van der Waals surface area contributed by atoms with E-state index in [-0.39, 0.29) is 43.3 Å². The molecular formula is C16H22Cl3N7. The number of hydrogen-bond acceptors (Lipinski definition) is 6. The number of pyridine rings is 1. The van der Waals surface area contributed by atoms with Crippen LogP contribution in [0.1, 0.15) is 11.9 Å². The zero-order chi connectivity index (χ0) is 16.1. The molecule has 0 saturated heterocycles. The first-order valence-electron chi connectivity index (χ1n) is 7.38. The summed E-state index contributed by atoms with van der Waals surface area (Å²) in [7, 11) is 1.82. The van der Waals surface area contributed by atoms with Crippen LogP contribution >= 0.6 is 37.2 Å². The highest BCUT2D eigenvalue weighted by Gasteiger charge is 2.15. The summed E-state index contributed by atoms with van der Waals surface area (Å²) < 4.78 is 0. The second kappa shape index (κ2) is 11.5. The molecule has 1 atom stereocenters. The molecule has 0 aliphatic heterocycles. The molecule has 0 bridgehead atoms. The number of aromatic amines is 1. The summed E-state index contributed by atoms with van der Waals surface area (Å²) in [4.78, 5) is 8.75. The number of para-hydroxylation sites is 1. The molecule has 3 rings (SSSR count). The summed E-state index contributed by atoms with van der Waals surface area (Å²) in [5.74, 6) is 2.09. The summed E-state index contributed by atoms with van der Waals surface area (Å²) in [5, 5.41) is 13.6. The SMILES string of the molecule is CNc1cc(-c2n[nH]c(C(CN)Nc3ccccc3)n2)ccn1.Cl.Cl.Cl. The summed E-state index contributed by atoms with van der Waals surface area (Å²) in [6.45, 7) is 0.404. The molecule has 142 valence electrons. The van der Waals surface area contributed by atoms with Crippen molar-refractivity contribution in [2.24, 2.45) is 5.73 Å². The van der Waals surface area contributed by atoms with Crippen LogP contribution < -0.4 is 16.4 Å². The number of anilines is 2. The fourth-order valence-electron chi connectivity index (χ4n) is 2.24. The van der Waals surface area contributed by atoms with Gasteiger partial charge in [-0.2, -0.15) is 5.10 Å². The molecule has 2 heterocycles. The molecule has 26 heavy (non-hydrogen) atoms. The van der Waals surface area contributed by atoms with Crippen LogP contribution in [0.3, 0.4) is 0 Å². The summed E-state index contributed by atoms with van der Waals surface area (Å²) in [6, 6.07) is 13.5. The molecule has 0 amide bonds. The lowest BCUT2D eigenvalue weighted by Gasteiger charge is -2.15. The van der Waals surface area contributed by atoms with Gasteiger partial charge in [0.2, 0.25) is 0 Å². The van der Waals surface area contributed by atoms with Gasteiger partial charge in [-0.25, -0.2) is 9.97 Å². The summed E-state index contributed by atoms with van der Waals surface area (Å²) >= 11 is 0. The monoisotopic (exact) mass is 417 g/mol. The summed E-state index contributed by atoms with van der Waals surface area (Å²) in [5.41, 5.74) is 7.76. The fraction of sp³-hybridized carbons (Fsp3) is 0.188. The molecule has 5 N–H and O–H groups in total. The maximum atomic E-state index is 5.88. The van der Waals surface area contributed by atoms with Gasteiger partial charge in [0.1, 0.15) is 11.6 Å². The Kier molecular flexibility index (Phi) is 10.6. The number of aromatic nitrogens is 4. The van der Waals surface area contributed by atoms with Crippen molar-refractivity contribution in [3.63, 3.8) is 0 Å². The average molecular weight is 419 g/mol. The first-order chi connectivity index (χ1) is 11.3. The minimum atomic E-state index is -0.135. The lowest BCUT2D eigenvalue weighted by atomic mass is 10.2. The van der Waals surface area contributed by atoms with Crippen LogP contribution in [-0.2, 0) is 0 Å².